The van der Waals surface area contributed by atoms with Gasteiger partial charge in [-0.25, -0.2) is 0 Å². The second-order valence-electron chi connectivity index (χ2n) is 4.86. The zero-order valence-electron chi connectivity index (χ0n) is 10.8. The van der Waals surface area contributed by atoms with E-state index < -0.39 is 0 Å². The molecule has 2 fully saturated rings. The molecule has 2 aliphatic heterocycles. The first-order valence-corrected chi connectivity index (χ1v) is 6.70. The van der Waals surface area contributed by atoms with Crippen LogP contribution in [0.1, 0.15) is 6.42 Å². The molecule has 18 heavy (non-hydrogen) atoms. The van der Waals surface area contributed by atoms with Gasteiger partial charge in [0.1, 0.15) is 0 Å². The van der Waals surface area contributed by atoms with Crippen molar-refractivity contribution in [1.82, 2.24) is 20.0 Å². The Morgan fingerprint density at radius 2 is 1.72 bits per heavy atom. The lowest BCUT2D eigenvalue weighted by molar-refractivity contribution is -0.135. The zero-order valence-corrected chi connectivity index (χ0v) is 10.8. The largest absolute Gasteiger partial charge is 0.342 e. The van der Waals surface area contributed by atoms with Gasteiger partial charge >= 0.3 is 0 Å². The molecule has 1 N–H and O–H groups in total. The first-order chi connectivity index (χ1) is 8.79. The van der Waals surface area contributed by atoms with E-state index in [9.17, 15) is 9.59 Å². The predicted octanol–water partition coefficient (Wildman–Crippen LogP) is -1.42. The molecule has 2 aliphatic rings. The summed E-state index contributed by atoms with van der Waals surface area (Å²) in [5.41, 5.74) is 0. The smallest absolute Gasteiger partial charge is 0.223 e. The highest BCUT2D eigenvalue weighted by molar-refractivity contribution is 5.76. The fraction of sp³-hybridized carbons (Fsp3) is 0.833. The SMILES string of the molecule is O=CN1CCN(C(=O)CCN2CCNCC2)CC1. The Labute approximate surface area is 108 Å². The summed E-state index contributed by atoms with van der Waals surface area (Å²) in [6, 6.07) is 0. The third kappa shape index (κ3) is 3.68. The highest BCUT2D eigenvalue weighted by atomic mass is 16.2. The second-order valence-corrected chi connectivity index (χ2v) is 4.86. The number of carbonyl (C=O) groups is 2. The van der Waals surface area contributed by atoms with Crippen LogP contribution in [0.2, 0.25) is 0 Å². The summed E-state index contributed by atoms with van der Waals surface area (Å²) in [5.74, 6) is 0.221. The molecule has 2 heterocycles. The maximum absolute atomic E-state index is 12.0. The van der Waals surface area contributed by atoms with Gasteiger partial charge < -0.3 is 20.0 Å². The molecule has 0 unspecified atom stereocenters. The Balaban J connectivity index is 1.66. The first kappa shape index (κ1) is 13.3. The summed E-state index contributed by atoms with van der Waals surface area (Å²) in [5, 5.41) is 3.30. The fourth-order valence-electron chi connectivity index (χ4n) is 2.42. The molecule has 2 rings (SSSR count). The van der Waals surface area contributed by atoms with Crippen molar-refractivity contribution < 1.29 is 9.59 Å². The van der Waals surface area contributed by atoms with Crippen molar-refractivity contribution in [3.8, 4) is 0 Å². The quantitative estimate of drug-likeness (QED) is 0.626. The number of hydrogen-bond acceptors (Lipinski definition) is 4. The minimum atomic E-state index is 0.221. The Morgan fingerprint density at radius 1 is 1.06 bits per heavy atom. The zero-order chi connectivity index (χ0) is 12.8. The van der Waals surface area contributed by atoms with Crippen molar-refractivity contribution in [1.29, 1.82) is 0 Å². The van der Waals surface area contributed by atoms with Gasteiger partial charge in [-0.3, -0.25) is 9.59 Å². The molecule has 102 valence electrons. The minimum absolute atomic E-state index is 0.221. The molecule has 0 bridgehead atoms. The van der Waals surface area contributed by atoms with Gasteiger partial charge in [-0.05, 0) is 0 Å². The van der Waals surface area contributed by atoms with E-state index in [4.69, 9.17) is 0 Å². The summed E-state index contributed by atoms with van der Waals surface area (Å²) in [4.78, 5) is 28.5. The normalized spacial score (nSPS) is 22.0. The van der Waals surface area contributed by atoms with Gasteiger partial charge in [-0.15, -0.1) is 0 Å². The molecule has 0 atom stereocenters. The van der Waals surface area contributed by atoms with Gasteiger partial charge in [-0.1, -0.05) is 0 Å². The number of piperazine rings is 2. The fourth-order valence-corrected chi connectivity index (χ4v) is 2.42. The Hall–Kier alpha value is -1.14. The van der Waals surface area contributed by atoms with Gasteiger partial charge in [-0.2, -0.15) is 0 Å². The molecule has 0 aliphatic carbocycles. The predicted molar refractivity (Wildman–Crippen MR) is 68.1 cm³/mol. The van der Waals surface area contributed by atoms with Crippen LogP contribution in [0, 0.1) is 0 Å². The van der Waals surface area contributed by atoms with Crippen LogP contribution in [0.5, 0.6) is 0 Å². The number of nitrogens with one attached hydrogen (secondary N) is 1. The van der Waals surface area contributed by atoms with Crippen molar-refractivity contribution in [2.45, 2.75) is 6.42 Å². The van der Waals surface area contributed by atoms with Crippen LogP contribution in [0.4, 0.5) is 0 Å². The Kier molecular flexibility index (Phi) is 4.95. The van der Waals surface area contributed by atoms with Gasteiger partial charge in [0.2, 0.25) is 12.3 Å². The highest BCUT2D eigenvalue weighted by Gasteiger charge is 2.20. The first-order valence-electron chi connectivity index (χ1n) is 6.70. The van der Waals surface area contributed by atoms with E-state index in [-0.39, 0.29) is 5.91 Å². The van der Waals surface area contributed by atoms with E-state index in [0.29, 0.717) is 32.6 Å². The molecule has 0 spiro atoms. The second kappa shape index (κ2) is 6.70. The van der Waals surface area contributed by atoms with Gasteiger partial charge in [0.15, 0.2) is 0 Å². The van der Waals surface area contributed by atoms with Crippen molar-refractivity contribution in [2.75, 3.05) is 58.9 Å². The number of amides is 2. The summed E-state index contributed by atoms with van der Waals surface area (Å²) in [6.07, 6.45) is 1.46. The van der Waals surface area contributed by atoms with E-state index in [2.05, 4.69) is 10.2 Å². The summed E-state index contributed by atoms with van der Waals surface area (Å²) in [7, 11) is 0. The molecule has 0 aromatic rings. The third-order valence-corrected chi connectivity index (χ3v) is 3.67. The molecule has 6 heteroatoms. The van der Waals surface area contributed by atoms with E-state index in [0.717, 1.165) is 39.1 Å². The number of carbonyl (C=O) groups excluding carboxylic acids is 2. The number of hydrogen-bond donors (Lipinski definition) is 1. The monoisotopic (exact) mass is 254 g/mol. The molecular weight excluding hydrogens is 232 g/mol. The lowest BCUT2D eigenvalue weighted by Crippen LogP contribution is -2.49. The molecule has 2 amide bonds. The summed E-state index contributed by atoms with van der Waals surface area (Å²) >= 11 is 0. The van der Waals surface area contributed by atoms with E-state index in [1.54, 1.807) is 4.90 Å². The maximum Gasteiger partial charge on any atom is 0.223 e. The lowest BCUT2D eigenvalue weighted by atomic mass is 10.2. The molecule has 0 aromatic carbocycles. The molecular formula is C12H22N4O2. The van der Waals surface area contributed by atoms with Crippen LogP contribution in [0.25, 0.3) is 0 Å². The van der Waals surface area contributed by atoms with Crippen molar-refractivity contribution in [3.05, 3.63) is 0 Å². The standard InChI is InChI=1S/C12H22N4O2/c17-11-15-7-9-16(10-8-15)12(18)1-4-14-5-2-13-3-6-14/h11,13H,1-10H2. The van der Waals surface area contributed by atoms with Gasteiger partial charge in [0, 0.05) is 65.3 Å². The van der Waals surface area contributed by atoms with Crippen molar-refractivity contribution >= 4 is 12.3 Å². The van der Waals surface area contributed by atoms with Gasteiger partial charge in [0.05, 0.1) is 0 Å². The average molecular weight is 254 g/mol. The lowest BCUT2D eigenvalue weighted by Gasteiger charge is -2.33. The number of nitrogens with zero attached hydrogens (tertiary/aromatic N) is 3. The number of rotatable bonds is 4. The van der Waals surface area contributed by atoms with Crippen LogP contribution in [0.15, 0.2) is 0 Å². The molecule has 0 aromatic heterocycles. The van der Waals surface area contributed by atoms with Crippen molar-refractivity contribution in [2.24, 2.45) is 0 Å². The maximum atomic E-state index is 12.0. The minimum Gasteiger partial charge on any atom is -0.342 e. The topological polar surface area (TPSA) is 55.9 Å². The summed E-state index contributed by atoms with van der Waals surface area (Å²) < 4.78 is 0. The van der Waals surface area contributed by atoms with Crippen LogP contribution in [-0.4, -0.2) is 85.9 Å². The molecule has 2 saturated heterocycles. The van der Waals surface area contributed by atoms with Crippen LogP contribution in [0.3, 0.4) is 0 Å². The van der Waals surface area contributed by atoms with E-state index in [1.165, 1.54) is 0 Å². The average Bonchev–Trinajstić information content (AvgIpc) is 2.46. The highest BCUT2D eigenvalue weighted by Crippen LogP contribution is 2.03. The van der Waals surface area contributed by atoms with Crippen LogP contribution < -0.4 is 5.32 Å². The van der Waals surface area contributed by atoms with E-state index in [1.807, 2.05) is 4.90 Å². The van der Waals surface area contributed by atoms with Crippen LogP contribution >= 0.6 is 0 Å². The van der Waals surface area contributed by atoms with Crippen molar-refractivity contribution in [3.63, 3.8) is 0 Å². The summed E-state index contributed by atoms with van der Waals surface area (Å²) in [6.45, 7) is 7.66. The Bertz CT molecular complexity index is 284. The van der Waals surface area contributed by atoms with Crippen LogP contribution in [-0.2, 0) is 9.59 Å². The molecule has 0 saturated carbocycles. The molecule has 0 radical (unpaired) electrons. The van der Waals surface area contributed by atoms with Gasteiger partial charge in [0.25, 0.3) is 0 Å². The Morgan fingerprint density at radius 3 is 2.33 bits per heavy atom. The third-order valence-electron chi connectivity index (χ3n) is 3.67. The molecule has 6 nitrogen and oxygen atoms in total. The van der Waals surface area contributed by atoms with E-state index >= 15 is 0 Å².